The maximum absolute atomic E-state index is 12.6. The van der Waals surface area contributed by atoms with E-state index in [0.29, 0.717) is 32.8 Å². The molecule has 1 aromatic rings. The number of carbonyl (C=O) groups is 1. The average molecular weight is 331 g/mol. The third-order valence-electron chi connectivity index (χ3n) is 4.61. The Balaban J connectivity index is 1.50. The lowest BCUT2D eigenvalue weighted by molar-refractivity contribution is -0.151. The SMILES string of the molecule is C=CCO[C@H]1CC[C@H]2[C@@H]1OCCN2C(=O)CCOc1ccccc1. The molecule has 0 N–H and O–H groups in total. The van der Waals surface area contributed by atoms with Gasteiger partial charge in [-0.1, -0.05) is 24.3 Å². The van der Waals surface area contributed by atoms with Gasteiger partial charge in [0.15, 0.2) is 0 Å². The van der Waals surface area contributed by atoms with Crippen LogP contribution in [0.15, 0.2) is 43.0 Å². The molecular formula is C19H25NO4. The van der Waals surface area contributed by atoms with E-state index in [1.807, 2.05) is 35.2 Å². The van der Waals surface area contributed by atoms with Crippen LogP contribution in [-0.2, 0) is 14.3 Å². The van der Waals surface area contributed by atoms with Gasteiger partial charge in [-0.3, -0.25) is 4.79 Å². The molecule has 0 aromatic heterocycles. The van der Waals surface area contributed by atoms with E-state index >= 15 is 0 Å². The number of para-hydroxylation sites is 1. The van der Waals surface area contributed by atoms with Gasteiger partial charge >= 0.3 is 0 Å². The molecule has 0 unspecified atom stereocenters. The summed E-state index contributed by atoms with van der Waals surface area (Å²) >= 11 is 0. The third kappa shape index (κ3) is 3.97. The molecule has 5 nitrogen and oxygen atoms in total. The Kier molecular flexibility index (Phi) is 5.88. The molecule has 1 saturated heterocycles. The highest BCUT2D eigenvalue weighted by atomic mass is 16.5. The van der Waals surface area contributed by atoms with E-state index in [1.165, 1.54) is 0 Å². The summed E-state index contributed by atoms with van der Waals surface area (Å²) in [6, 6.07) is 9.70. The molecule has 24 heavy (non-hydrogen) atoms. The predicted molar refractivity (Wildman–Crippen MR) is 91.0 cm³/mol. The normalized spacial score (nSPS) is 26.0. The highest BCUT2D eigenvalue weighted by molar-refractivity contribution is 5.77. The van der Waals surface area contributed by atoms with Crippen molar-refractivity contribution in [3.8, 4) is 5.75 Å². The number of rotatable bonds is 7. The van der Waals surface area contributed by atoms with Crippen LogP contribution >= 0.6 is 0 Å². The number of hydrogen-bond donors (Lipinski definition) is 0. The molecule has 1 saturated carbocycles. The van der Waals surface area contributed by atoms with Gasteiger partial charge in [-0.05, 0) is 25.0 Å². The second-order valence-electron chi connectivity index (χ2n) is 6.14. The Morgan fingerprint density at radius 3 is 2.96 bits per heavy atom. The van der Waals surface area contributed by atoms with Crippen LogP contribution in [0.1, 0.15) is 19.3 Å². The lowest BCUT2D eigenvalue weighted by Crippen LogP contribution is -2.54. The Hall–Kier alpha value is -1.85. The topological polar surface area (TPSA) is 48.0 Å². The summed E-state index contributed by atoms with van der Waals surface area (Å²) in [7, 11) is 0. The Bertz CT molecular complexity index is 548. The van der Waals surface area contributed by atoms with Gasteiger partial charge in [-0.15, -0.1) is 6.58 Å². The van der Waals surface area contributed by atoms with Crippen molar-refractivity contribution in [2.24, 2.45) is 0 Å². The van der Waals surface area contributed by atoms with Crippen molar-refractivity contribution in [3.63, 3.8) is 0 Å². The van der Waals surface area contributed by atoms with E-state index in [2.05, 4.69) is 6.58 Å². The van der Waals surface area contributed by atoms with Crippen molar-refractivity contribution in [3.05, 3.63) is 43.0 Å². The summed E-state index contributed by atoms with van der Waals surface area (Å²) in [5.74, 6) is 0.928. The van der Waals surface area contributed by atoms with Gasteiger partial charge in [0.25, 0.3) is 0 Å². The molecule has 2 aliphatic rings. The molecule has 3 atom stereocenters. The summed E-state index contributed by atoms with van der Waals surface area (Å²) in [4.78, 5) is 14.5. The highest BCUT2D eigenvalue weighted by Crippen LogP contribution is 2.32. The Morgan fingerprint density at radius 2 is 2.17 bits per heavy atom. The molecule has 0 bridgehead atoms. The Morgan fingerprint density at radius 1 is 1.33 bits per heavy atom. The number of carbonyl (C=O) groups excluding carboxylic acids is 1. The van der Waals surface area contributed by atoms with Crippen molar-refractivity contribution < 1.29 is 19.0 Å². The molecule has 130 valence electrons. The number of hydrogen-bond acceptors (Lipinski definition) is 4. The smallest absolute Gasteiger partial charge is 0.226 e. The van der Waals surface area contributed by atoms with Crippen molar-refractivity contribution in [2.45, 2.75) is 37.5 Å². The number of amides is 1. The van der Waals surface area contributed by atoms with Crippen LogP contribution < -0.4 is 4.74 Å². The zero-order valence-corrected chi connectivity index (χ0v) is 13.9. The van der Waals surface area contributed by atoms with Crippen LogP contribution in [0, 0.1) is 0 Å². The minimum Gasteiger partial charge on any atom is -0.493 e. The summed E-state index contributed by atoms with van der Waals surface area (Å²) < 4.78 is 17.3. The van der Waals surface area contributed by atoms with Gasteiger partial charge in [0.05, 0.1) is 38.4 Å². The molecule has 1 aliphatic heterocycles. The third-order valence-corrected chi connectivity index (χ3v) is 4.61. The first kappa shape index (κ1) is 17.0. The summed E-state index contributed by atoms with van der Waals surface area (Å²) in [6.45, 7) is 5.83. The fraction of sp³-hybridized carbons (Fsp3) is 0.526. The second-order valence-corrected chi connectivity index (χ2v) is 6.14. The minimum atomic E-state index is -0.0160. The second kappa shape index (κ2) is 8.31. The van der Waals surface area contributed by atoms with Crippen LogP contribution in [-0.4, -0.2) is 55.4 Å². The van der Waals surface area contributed by atoms with Crippen LogP contribution in [0.5, 0.6) is 5.75 Å². The lowest BCUT2D eigenvalue weighted by atomic mass is 10.1. The Labute approximate surface area is 143 Å². The molecular weight excluding hydrogens is 306 g/mol. The number of fused-ring (bicyclic) bond motifs is 1. The fourth-order valence-electron chi connectivity index (χ4n) is 3.51. The van der Waals surface area contributed by atoms with Crippen LogP contribution in [0.3, 0.4) is 0 Å². The van der Waals surface area contributed by atoms with Gasteiger partial charge in [0, 0.05) is 6.54 Å². The molecule has 2 fully saturated rings. The molecule has 1 aliphatic carbocycles. The van der Waals surface area contributed by atoms with E-state index in [-0.39, 0.29) is 24.2 Å². The lowest BCUT2D eigenvalue weighted by Gasteiger charge is -2.39. The molecule has 1 heterocycles. The molecule has 1 aromatic carbocycles. The number of benzene rings is 1. The molecule has 0 radical (unpaired) electrons. The van der Waals surface area contributed by atoms with Crippen molar-refractivity contribution in [1.82, 2.24) is 4.90 Å². The molecule has 5 heteroatoms. The highest BCUT2D eigenvalue weighted by Gasteiger charge is 2.44. The summed E-state index contributed by atoms with van der Waals surface area (Å²) in [6.07, 6.45) is 4.03. The fourth-order valence-corrected chi connectivity index (χ4v) is 3.51. The first-order valence-corrected chi connectivity index (χ1v) is 8.61. The van der Waals surface area contributed by atoms with Gasteiger partial charge in [-0.25, -0.2) is 0 Å². The largest absolute Gasteiger partial charge is 0.493 e. The van der Waals surface area contributed by atoms with Crippen LogP contribution in [0.25, 0.3) is 0 Å². The van der Waals surface area contributed by atoms with Crippen molar-refractivity contribution >= 4 is 5.91 Å². The van der Waals surface area contributed by atoms with E-state index in [9.17, 15) is 4.79 Å². The monoisotopic (exact) mass is 331 g/mol. The maximum Gasteiger partial charge on any atom is 0.226 e. The number of ether oxygens (including phenoxy) is 3. The number of morpholine rings is 1. The molecule has 1 amide bonds. The van der Waals surface area contributed by atoms with Gasteiger partial charge in [0.1, 0.15) is 11.9 Å². The van der Waals surface area contributed by atoms with E-state index in [0.717, 1.165) is 18.6 Å². The standard InChI is InChI=1S/C19H25NO4/c1-2-12-23-17-9-8-16-19(17)24-14-11-20(16)18(21)10-13-22-15-6-4-3-5-7-15/h2-7,16-17,19H,1,8-14H2/t16-,17-,19-/m0/s1. The average Bonchev–Trinajstić information content (AvgIpc) is 3.04. The van der Waals surface area contributed by atoms with E-state index < -0.39 is 0 Å². The van der Waals surface area contributed by atoms with Crippen LogP contribution in [0.4, 0.5) is 0 Å². The van der Waals surface area contributed by atoms with Gasteiger partial charge in [0.2, 0.25) is 5.91 Å². The molecule has 3 rings (SSSR count). The van der Waals surface area contributed by atoms with Gasteiger partial charge < -0.3 is 19.1 Å². The maximum atomic E-state index is 12.6. The molecule has 0 spiro atoms. The van der Waals surface area contributed by atoms with Crippen molar-refractivity contribution in [1.29, 1.82) is 0 Å². The summed E-state index contributed by atoms with van der Waals surface area (Å²) in [5.41, 5.74) is 0. The quantitative estimate of drug-likeness (QED) is 0.720. The first-order chi connectivity index (χ1) is 11.8. The van der Waals surface area contributed by atoms with Gasteiger partial charge in [-0.2, -0.15) is 0 Å². The predicted octanol–water partition coefficient (Wildman–Crippen LogP) is 2.42. The number of nitrogens with zero attached hydrogens (tertiary/aromatic N) is 1. The van der Waals surface area contributed by atoms with Crippen molar-refractivity contribution in [2.75, 3.05) is 26.4 Å². The van der Waals surface area contributed by atoms with E-state index in [1.54, 1.807) is 6.08 Å². The zero-order valence-electron chi connectivity index (χ0n) is 13.9. The van der Waals surface area contributed by atoms with Crippen LogP contribution in [0.2, 0.25) is 0 Å². The zero-order chi connectivity index (χ0) is 16.8. The minimum absolute atomic E-state index is 0.0160. The van der Waals surface area contributed by atoms with E-state index in [4.69, 9.17) is 14.2 Å². The summed E-state index contributed by atoms with van der Waals surface area (Å²) in [5, 5.41) is 0. The first-order valence-electron chi connectivity index (χ1n) is 8.61.